The van der Waals surface area contributed by atoms with Crippen LogP contribution in [-0.4, -0.2) is 30.5 Å². The summed E-state index contributed by atoms with van der Waals surface area (Å²) >= 11 is 0. The highest BCUT2D eigenvalue weighted by Gasteiger charge is 2.24. The Labute approximate surface area is 68.5 Å². The van der Waals surface area contributed by atoms with Crippen LogP contribution in [0.15, 0.2) is 0 Å². The zero-order chi connectivity index (χ0) is 8.74. The van der Waals surface area contributed by atoms with Gasteiger partial charge < -0.3 is 15.6 Å². The van der Waals surface area contributed by atoms with E-state index in [0.29, 0.717) is 13.2 Å². The standard InChI is InChI=1S/C8H19NO2/c1-3-8(4-2,7-9)11-6-5-10/h10H,3-7,9H2,1-2H3. The van der Waals surface area contributed by atoms with Crippen molar-refractivity contribution < 1.29 is 9.84 Å². The number of rotatable bonds is 6. The largest absolute Gasteiger partial charge is 0.394 e. The summed E-state index contributed by atoms with van der Waals surface area (Å²) in [5.41, 5.74) is 5.36. The number of hydrogen-bond acceptors (Lipinski definition) is 3. The Kier molecular flexibility index (Phi) is 5.46. The van der Waals surface area contributed by atoms with Crippen LogP contribution in [0.5, 0.6) is 0 Å². The lowest BCUT2D eigenvalue weighted by Crippen LogP contribution is -2.40. The molecule has 0 heterocycles. The van der Waals surface area contributed by atoms with Crippen LogP contribution in [-0.2, 0) is 4.74 Å². The minimum Gasteiger partial charge on any atom is -0.394 e. The molecule has 0 rings (SSSR count). The first kappa shape index (κ1) is 10.9. The number of hydrogen-bond donors (Lipinski definition) is 2. The normalized spacial score (nSPS) is 12.0. The second kappa shape index (κ2) is 5.52. The molecule has 3 nitrogen and oxygen atoms in total. The van der Waals surface area contributed by atoms with Gasteiger partial charge in [0.15, 0.2) is 0 Å². The maximum atomic E-state index is 8.55. The predicted molar refractivity (Wildman–Crippen MR) is 45.4 cm³/mol. The molecular formula is C8H19NO2. The zero-order valence-corrected chi connectivity index (χ0v) is 7.47. The molecule has 0 amide bonds. The second-order valence-electron chi connectivity index (χ2n) is 2.67. The number of aliphatic hydroxyl groups is 1. The minimum absolute atomic E-state index is 0.0712. The van der Waals surface area contributed by atoms with Gasteiger partial charge >= 0.3 is 0 Å². The van der Waals surface area contributed by atoms with Crippen LogP contribution in [0.4, 0.5) is 0 Å². The fourth-order valence-corrected chi connectivity index (χ4v) is 1.06. The monoisotopic (exact) mass is 161 g/mol. The molecule has 0 aliphatic carbocycles. The first-order chi connectivity index (χ1) is 5.24. The summed E-state index contributed by atoms with van der Waals surface area (Å²) < 4.78 is 5.45. The zero-order valence-electron chi connectivity index (χ0n) is 7.47. The van der Waals surface area contributed by atoms with Gasteiger partial charge in [-0.2, -0.15) is 0 Å². The van der Waals surface area contributed by atoms with Gasteiger partial charge in [0.25, 0.3) is 0 Å². The topological polar surface area (TPSA) is 55.5 Å². The molecule has 0 radical (unpaired) electrons. The lowest BCUT2D eigenvalue weighted by atomic mass is 9.97. The molecule has 3 N–H and O–H groups in total. The molecule has 0 aromatic heterocycles. The van der Waals surface area contributed by atoms with E-state index >= 15 is 0 Å². The van der Waals surface area contributed by atoms with Crippen molar-refractivity contribution in [3.8, 4) is 0 Å². The summed E-state index contributed by atoms with van der Waals surface area (Å²) in [5.74, 6) is 0. The molecule has 0 aromatic rings. The van der Waals surface area contributed by atoms with E-state index in [-0.39, 0.29) is 12.2 Å². The minimum atomic E-state index is -0.206. The molecular weight excluding hydrogens is 142 g/mol. The van der Waals surface area contributed by atoms with Crippen molar-refractivity contribution in [1.82, 2.24) is 0 Å². The smallest absolute Gasteiger partial charge is 0.0800 e. The summed E-state index contributed by atoms with van der Waals surface area (Å²) in [6, 6.07) is 0. The Hall–Kier alpha value is -0.120. The molecule has 11 heavy (non-hydrogen) atoms. The van der Waals surface area contributed by atoms with Gasteiger partial charge in [-0.15, -0.1) is 0 Å². The molecule has 0 spiro atoms. The van der Waals surface area contributed by atoms with E-state index in [4.69, 9.17) is 15.6 Å². The molecule has 0 atom stereocenters. The SMILES string of the molecule is CCC(CC)(CN)OCCO. The van der Waals surface area contributed by atoms with Crippen molar-refractivity contribution in [2.24, 2.45) is 5.73 Å². The molecule has 0 fully saturated rings. The first-order valence-corrected chi connectivity index (χ1v) is 4.19. The fraction of sp³-hybridized carbons (Fsp3) is 1.00. The average molecular weight is 161 g/mol. The Balaban J connectivity index is 3.84. The van der Waals surface area contributed by atoms with Gasteiger partial charge in [0, 0.05) is 6.54 Å². The van der Waals surface area contributed by atoms with Crippen LogP contribution < -0.4 is 5.73 Å². The summed E-state index contributed by atoms with van der Waals surface area (Å²) in [4.78, 5) is 0. The third kappa shape index (κ3) is 3.18. The van der Waals surface area contributed by atoms with Crippen molar-refractivity contribution in [3.05, 3.63) is 0 Å². The maximum absolute atomic E-state index is 8.55. The molecule has 3 heteroatoms. The van der Waals surface area contributed by atoms with Crippen molar-refractivity contribution in [1.29, 1.82) is 0 Å². The summed E-state index contributed by atoms with van der Waals surface area (Å²) in [7, 11) is 0. The lowest BCUT2D eigenvalue weighted by molar-refractivity contribution is -0.0567. The van der Waals surface area contributed by atoms with Crippen LogP contribution >= 0.6 is 0 Å². The summed E-state index contributed by atoms with van der Waals surface area (Å²) in [6.45, 7) is 5.09. The van der Waals surface area contributed by atoms with E-state index in [1.54, 1.807) is 0 Å². The van der Waals surface area contributed by atoms with Crippen molar-refractivity contribution in [2.45, 2.75) is 32.3 Å². The van der Waals surface area contributed by atoms with Crippen LogP contribution in [0.3, 0.4) is 0 Å². The van der Waals surface area contributed by atoms with Gasteiger partial charge in [0.05, 0.1) is 18.8 Å². The average Bonchev–Trinajstić information content (AvgIpc) is 2.08. The highest BCUT2D eigenvalue weighted by molar-refractivity contribution is 4.78. The van der Waals surface area contributed by atoms with Gasteiger partial charge in [-0.1, -0.05) is 13.8 Å². The third-order valence-electron chi connectivity index (χ3n) is 2.16. The molecule has 68 valence electrons. The molecule has 0 bridgehead atoms. The van der Waals surface area contributed by atoms with Gasteiger partial charge in [-0.05, 0) is 12.8 Å². The highest BCUT2D eigenvalue weighted by atomic mass is 16.5. The molecule has 0 aromatic carbocycles. The number of nitrogens with two attached hydrogens (primary N) is 1. The lowest BCUT2D eigenvalue weighted by Gasteiger charge is -2.29. The Morgan fingerprint density at radius 2 is 1.91 bits per heavy atom. The van der Waals surface area contributed by atoms with E-state index in [1.165, 1.54) is 0 Å². The van der Waals surface area contributed by atoms with Crippen molar-refractivity contribution >= 4 is 0 Å². The number of ether oxygens (including phenoxy) is 1. The highest BCUT2D eigenvalue weighted by Crippen LogP contribution is 2.18. The summed E-state index contributed by atoms with van der Waals surface area (Å²) in [5, 5.41) is 8.55. The third-order valence-corrected chi connectivity index (χ3v) is 2.16. The first-order valence-electron chi connectivity index (χ1n) is 4.19. The van der Waals surface area contributed by atoms with Crippen LogP contribution in [0.2, 0.25) is 0 Å². The van der Waals surface area contributed by atoms with Gasteiger partial charge in [-0.3, -0.25) is 0 Å². The van der Waals surface area contributed by atoms with Gasteiger partial charge in [-0.25, -0.2) is 0 Å². The Bertz CT molecular complexity index is 83.8. The Morgan fingerprint density at radius 3 is 2.18 bits per heavy atom. The van der Waals surface area contributed by atoms with E-state index in [2.05, 4.69) is 0 Å². The molecule has 0 saturated carbocycles. The fourth-order valence-electron chi connectivity index (χ4n) is 1.06. The quantitative estimate of drug-likeness (QED) is 0.597. The van der Waals surface area contributed by atoms with E-state index in [1.807, 2.05) is 13.8 Å². The molecule has 0 unspecified atom stereocenters. The van der Waals surface area contributed by atoms with Crippen LogP contribution in [0, 0.1) is 0 Å². The second-order valence-corrected chi connectivity index (χ2v) is 2.67. The van der Waals surface area contributed by atoms with Crippen molar-refractivity contribution in [2.75, 3.05) is 19.8 Å². The van der Waals surface area contributed by atoms with Gasteiger partial charge in [0.2, 0.25) is 0 Å². The van der Waals surface area contributed by atoms with Crippen LogP contribution in [0.1, 0.15) is 26.7 Å². The van der Waals surface area contributed by atoms with Gasteiger partial charge in [0.1, 0.15) is 0 Å². The summed E-state index contributed by atoms with van der Waals surface area (Å²) in [6.07, 6.45) is 1.81. The molecule has 0 aliphatic rings. The predicted octanol–water partition coefficient (Wildman–Crippen LogP) is 0.513. The van der Waals surface area contributed by atoms with Crippen molar-refractivity contribution in [3.63, 3.8) is 0 Å². The maximum Gasteiger partial charge on any atom is 0.0800 e. The van der Waals surface area contributed by atoms with Crippen LogP contribution in [0.25, 0.3) is 0 Å². The molecule has 0 saturated heterocycles. The molecule has 0 aliphatic heterocycles. The van der Waals surface area contributed by atoms with E-state index < -0.39 is 0 Å². The number of aliphatic hydroxyl groups excluding tert-OH is 1. The Morgan fingerprint density at radius 1 is 1.36 bits per heavy atom. The van der Waals surface area contributed by atoms with E-state index in [9.17, 15) is 0 Å². The van der Waals surface area contributed by atoms with E-state index in [0.717, 1.165) is 12.8 Å².